The predicted molar refractivity (Wildman–Crippen MR) is 51.7 cm³/mol. The summed E-state index contributed by atoms with van der Waals surface area (Å²) in [7, 11) is 0. The fourth-order valence-electron chi connectivity index (χ4n) is 2.24. The largest absolute Gasteiger partial charge is 0.312 e. The summed E-state index contributed by atoms with van der Waals surface area (Å²) in [4.78, 5) is 16.2. The first-order valence-electron chi connectivity index (χ1n) is 5.17. The summed E-state index contributed by atoms with van der Waals surface area (Å²) in [5, 5.41) is 2.90. The molecule has 1 aliphatic carbocycles. The summed E-state index contributed by atoms with van der Waals surface area (Å²) in [6.45, 7) is 2.11. The van der Waals surface area contributed by atoms with Crippen molar-refractivity contribution in [3.63, 3.8) is 0 Å². The predicted octanol–water partition coefficient (Wildman–Crippen LogP) is 1.63. The minimum absolute atomic E-state index is 0.147. The topological polar surface area (TPSA) is 41.5 Å². The maximum absolute atomic E-state index is 11.7. The third-order valence-electron chi connectivity index (χ3n) is 2.95. The van der Waals surface area contributed by atoms with Gasteiger partial charge in [-0.3, -0.25) is 9.79 Å². The van der Waals surface area contributed by atoms with Crippen molar-refractivity contribution in [2.45, 2.75) is 51.0 Å². The number of aliphatic imine (C=N–C) groups is 1. The van der Waals surface area contributed by atoms with E-state index in [-0.39, 0.29) is 11.4 Å². The van der Waals surface area contributed by atoms with Gasteiger partial charge in [-0.1, -0.05) is 19.8 Å². The number of carbonyl (C=O) groups is 1. The summed E-state index contributed by atoms with van der Waals surface area (Å²) in [6.07, 6.45) is 6.16. The highest BCUT2D eigenvalue weighted by Gasteiger charge is 2.45. The lowest BCUT2D eigenvalue weighted by atomic mass is 9.99. The molecule has 0 aromatic rings. The zero-order chi connectivity index (χ0) is 9.31. The third kappa shape index (κ3) is 1.36. The number of hydrogen-bond donors (Lipinski definition) is 1. The molecule has 0 aromatic heterocycles. The quantitative estimate of drug-likeness (QED) is 0.689. The molecular formula is C10H16N2O. The van der Waals surface area contributed by atoms with Gasteiger partial charge >= 0.3 is 0 Å². The van der Waals surface area contributed by atoms with Crippen LogP contribution in [0.2, 0.25) is 0 Å². The standard InChI is InChI=1S/C10H16N2O/c1-2-5-8-11-9(13)10(12-8)6-3-4-7-10/h2-7H2,1H3,(H,11,12,13). The Kier molecular flexibility index (Phi) is 2.10. The maximum atomic E-state index is 11.7. The van der Waals surface area contributed by atoms with Crippen LogP contribution in [0.3, 0.4) is 0 Å². The highest BCUT2D eigenvalue weighted by atomic mass is 16.2. The first-order chi connectivity index (χ1) is 6.27. The van der Waals surface area contributed by atoms with Crippen molar-refractivity contribution in [2.24, 2.45) is 4.99 Å². The molecule has 72 valence electrons. The Morgan fingerprint density at radius 1 is 1.46 bits per heavy atom. The maximum Gasteiger partial charge on any atom is 0.253 e. The Hall–Kier alpha value is -0.860. The molecule has 0 atom stereocenters. The fourth-order valence-corrected chi connectivity index (χ4v) is 2.24. The molecule has 0 saturated heterocycles. The second kappa shape index (κ2) is 3.13. The van der Waals surface area contributed by atoms with Crippen molar-refractivity contribution in [1.29, 1.82) is 0 Å². The molecule has 0 unspecified atom stereocenters. The first-order valence-corrected chi connectivity index (χ1v) is 5.17. The highest BCUT2D eigenvalue weighted by Crippen LogP contribution is 2.36. The van der Waals surface area contributed by atoms with Gasteiger partial charge in [-0.2, -0.15) is 0 Å². The molecule has 1 saturated carbocycles. The van der Waals surface area contributed by atoms with E-state index in [0.29, 0.717) is 0 Å². The Bertz CT molecular complexity index is 252. The number of carbonyl (C=O) groups excluding carboxylic acids is 1. The van der Waals surface area contributed by atoms with Gasteiger partial charge in [-0.05, 0) is 19.3 Å². The van der Waals surface area contributed by atoms with Gasteiger partial charge in [0.05, 0.1) is 0 Å². The summed E-state index contributed by atoms with van der Waals surface area (Å²) in [6, 6.07) is 0. The number of nitrogens with zero attached hydrogens (tertiary/aromatic N) is 1. The van der Waals surface area contributed by atoms with Crippen LogP contribution < -0.4 is 5.32 Å². The van der Waals surface area contributed by atoms with Crippen molar-refractivity contribution >= 4 is 11.7 Å². The van der Waals surface area contributed by atoms with Gasteiger partial charge in [0.15, 0.2) is 0 Å². The lowest BCUT2D eigenvalue weighted by molar-refractivity contribution is -0.123. The Morgan fingerprint density at radius 2 is 2.15 bits per heavy atom. The van der Waals surface area contributed by atoms with Crippen molar-refractivity contribution in [1.82, 2.24) is 5.32 Å². The van der Waals surface area contributed by atoms with Crippen LogP contribution in [-0.2, 0) is 4.79 Å². The van der Waals surface area contributed by atoms with E-state index in [0.717, 1.165) is 44.4 Å². The molecule has 2 rings (SSSR count). The third-order valence-corrected chi connectivity index (χ3v) is 2.95. The SMILES string of the molecule is CCCC1=NC2(CCCC2)C(=O)N1. The zero-order valence-corrected chi connectivity index (χ0v) is 8.10. The van der Waals surface area contributed by atoms with E-state index in [4.69, 9.17) is 0 Å². The van der Waals surface area contributed by atoms with E-state index >= 15 is 0 Å². The van der Waals surface area contributed by atoms with E-state index in [1.165, 1.54) is 0 Å². The molecule has 13 heavy (non-hydrogen) atoms. The lowest BCUT2D eigenvalue weighted by Crippen LogP contribution is -2.37. The molecule has 1 N–H and O–H groups in total. The van der Waals surface area contributed by atoms with E-state index in [9.17, 15) is 4.79 Å². The molecule has 3 nitrogen and oxygen atoms in total. The van der Waals surface area contributed by atoms with Gasteiger partial charge in [0.25, 0.3) is 5.91 Å². The van der Waals surface area contributed by atoms with Crippen LogP contribution in [0.5, 0.6) is 0 Å². The molecule has 0 radical (unpaired) electrons. The Morgan fingerprint density at radius 3 is 2.77 bits per heavy atom. The number of nitrogens with one attached hydrogen (secondary N) is 1. The molecule has 1 amide bonds. The number of hydrogen-bond acceptors (Lipinski definition) is 2. The van der Waals surface area contributed by atoms with E-state index in [1.807, 2.05) is 0 Å². The number of amidine groups is 1. The molecule has 1 aliphatic heterocycles. The number of rotatable bonds is 2. The van der Waals surface area contributed by atoms with Gasteiger partial charge in [0, 0.05) is 6.42 Å². The van der Waals surface area contributed by atoms with Crippen LogP contribution in [0.25, 0.3) is 0 Å². The molecule has 0 bridgehead atoms. The lowest BCUT2D eigenvalue weighted by Gasteiger charge is -2.14. The second-order valence-corrected chi connectivity index (χ2v) is 4.00. The number of amides is 1. The van der Waals surface area contributed by atoms with Crippen LogP contribution >= 0.6 is 0 Å². The first kappa shape index (κ1) is 8.73. The van der Waals surface area contributed by atoms with Gasteiger partial charge in [0.2, 0.25) is 0 Å². The minimum atomic E-state index is -0.343. The zero-order valence-electron chi connectivity index (χ0n) is 8.10. The smallest absolute Gasteiger partial charge is 0.253 e. The molecule has 3 heteroatoms. The molecular weight excluding hydrogens is 164 g/mol. The second-order valence-electron chi connectivity index (χ2n) is 4.00. The van der Waals surface area contributed by atoms with E-state index in [2.05, 4.69) is 17.2 Å². The molecule has 0 aromatic carbocycles. The van der Waals surface area contributed by atoms with E-state index < -0.39 is 0 Å². The van der Waals surface area contributed by atoms with Crippen molar-refractivity contribution in [3.8, 4) is 0 Å². The average molecular weight is 180 g/mol. The molecule has 1 fully saturated rings. The van der Waals surface area contributed by atoms with Gasteiger partial charge in [-0.15, -0.1) is 0 Å². The monoisotopic (exact) mass is 180 g/mol. The summed E-state index contributed by atoms with van der Waals surface area (Å²) >= 11 is 0. The molecule has 1 heterocycles. The summed E-state index contributed by atoms with van der Waals surface area (Å²) in [5.41, 5.74) is -0.343. The Balaban J connectivity index is 2.15. The minimum Gasteiger partial charge on any atom is -0.312 e. The van der Waals surface area contributed by atoms with Gasteiger partial charge in [0.1, 0.15) is 11.4 Å². The van der Waals surface area contributed by atoms with Crippen molar-refractivity contribution in [2.75, 3.05) is 0 Å². The summed E-state index contributed by atoms with van der Waals surface area (Å²) < 4.78 is 0. The van der Waals surface area contributed by atoms with Crippen LogP contribution in [-0.4, -0.2) is 17.3 Å². The van der Waals surface area contributed by atoms with Gasteiger partial charge < -0.3 is 5.32 Å². The molecule has 2 aliphatic rings. The molecule has 1 spiro atoms. The fraction of sp³-hybridized carbons (Fsp3) is 0.800. The highest BCUT2D eigenvalue weighted by molar-refractivity contribution is 6.08. The summed E-state index contributed by atoms with van der Waals surface area (Å²) in [5.74, 6) is 1.06. The normalized spacial score (nSPS) is 25.0. The van der Waals surface area contributed by atoms with Crippen LogP contribution in [0.4, 0.5) is 0 Å². The van der Waals surface area contributed by atoms with Crippen LogP contribution in [0.1, 0.15) is 45.4 Å². The van der Waals surface area contributed by atoms with Gasteiger partial charge in [-0.25, -0.2) is 0 Å². The van der Waals surface area contributed by atoms with Crippen molar-refractivity contribution < 1.29 is 4.79 Å². The van der Waals surface area contributed by atoms with E-state index in [1.54, 1.807) is 0 Å². The average Bonchev–Trinajstić information content (AvgIpc) is 2.64. The van der Waals surface area contributed by atoms with Crippen LogP contribution in [0, 0.1) is 0 Å². The van der Waals surface area contributed by atoms with Crippen molar-refractivity contribution in [3.05, 3.63) is 0 Å². The Labute approximate surface area is 78.6 Å². The van der Waals surface area contributed by atoms with Crippen LogP contribution in [0.15, 0.2) is 4.99 Å².